The molecule has 34 heavy (non-hydrogen) atoms. The van der Waals surface area contributed by atoms with Gasteiger partial charge in [0.2, 0.25) is 5.91 Å². The molecule has 0 heterocycles. The fourth-order valence-corrected chi connectivity index (χ4v) is 3.43. The second kappa shape index (κ2) is 12.3. The first-order valence-electron chi connectivity index (χ1n) is 11.4. The van der Waals surface area contributed by atoms with Crippen LogP contribution in [0, 0.1) is 0 Å². The number of alkyl carbamates (subject to hydrolysis) is 1. The highest BCUT2D eigenvalue weighted by atomic mass is 16.6. The number of aliphatic hydroxyl groups is 1. The van der Waals surface area contributed by atoms with Crippen LogP contribution in [0.2, 0.25) is 0 Å². The minimum Gasteiger partial charge on any atom is -0.444 e. The van der Waals surface area contributed by atoms with Crippen molar-refractivity contribution in [1.82, 2.24) is 10.6 Å². The molecule has 7 nitrogen and oxygen atoms in total. The predicted molar refractivity (Wildman–Crippen MR) is 136 cm³/mol. The number of anilines is 1. The van der Waals surface area contributed by atoms with Gasteiger partial charge in [0, 0.05) is 25.7 Å². The molecule has 0 aliphatic heterocycles. The Morgan fingerprint density at radius 2 is 1.74 bits per heavy atom. The maximum atomic E-state index is 12.4. The number of rotatable bonds is 10. The van der Waals surface area contributed by atoms with Crippen LogP contribution in [-0.4, -0.2) is 41.4 Å². The van der Waals surface area contributed by atoms with E-state index in [4.69, 9.17) is 4.74 Å². The molecule has 0 aliphatic carbocycles. The summed E-state index contributed by atoms with van der Waals surface area (Å²) < 4.78 is 5.39. The number of amides is 2. The highest BCUT2D eigenvalue weighted by Gasteiger charge is 2.25. The van der Waals surface area contributed by atoms with Crippen LogP contribution < -0.4 is 16.0 Å². The summed E-state index contributed by atoms with van der Waals surface area (Å²) in [5, 5.41) is 19.8. The molecule has 184 valence electrons. The molecule has 0 aromatic heterocycles. The Bertz CT molecular complexity index is 983. The van der Waals surface area contributed by atoms with E-state index in [2.05, 4.69) is 22.5 Å². The molecule has 0 saturated carbocycles. The average Bonchev–Trinajstić information content (AvgIpc) is 2.72. The van der Waals surface area contributed by atoms with Gasteiger partial charge in [-0.15, -0.1) is 0 Å². The molecule has 4 N–H and O–H groups in total. The number of hydrogen-bond acceptors (Lipinski definition) is 5. The molecule has 2 atom stereocenters. The SMILES string of the molecule is C=C(C)c1cc(CNCC(O)C(Cc2ccccc2)NC(=O)OC(C)(C)C)cc(NC(C)=O)c1. The summed E-state index contributed by atoms with van der Waals surface area (Å²) in [7, 11) is 0. The summed E-state index contributed by atoms with van der Waals surface area (Å²) in [6.07, 6.45) is -0.964. The molecular weight excluding hydrogens is 430 g/mol. The number of aliphatic hydroxyl groups excluding tert-OH is 1. The smallest absolute Gasteiger partial charge is 0.407 e. The molecule has 2 aromatic carbocycles. The van der Waals surface area contributed by atoms with Gasteiger partial charge in [0.15, 0.2) is 0 Å². The number of nitrogens with one attached hydrogen (secondary N) is 3. The van der Waals surface area contributed by atoms with Crippen molar-refractivity contribution >= 4 is 23.3 Å². The van der Waals surface area contributed by atoms with Gasteiger partial charge in [-0.05, 0) is 62.9 Å². The third-order valence-electron chi connectivity index (χ3n) is 4.95. The van der Waals surface area contributed by atoms with Gasteiger partial charge in [-0.3, -0.25) is 4.79 Å². The Balaban J connectivity index is 2.07. The van der Waals surface area contributed by atoms with E-state index in [9.17, 15) is 14.7 Å². The number of carbonyl (C=O) groups is 2. The second-order valence-electron chi connectivity index (χ2n) is 9.52. The largest absolute Gasteiger partial charge is 0.444 e. The molecule has 0 fully saturated rings. The Morgan fingerprint density at radius 1 is 1.06 bits per heavy atom. The first-order chi connectivity index (χ1) is 15.9. The van der Waals surface area contributed by atoms with Crippen molar-refractivity contribution in [1.29, 1.82) is 0 Å². The van der Waals surface area contributed by atoms with Gasteiger partial charge in [-0.1, -0.05) is 48.6 Å². The minimum absolute atomic E-state index is 0.148. The number of hydrogen-bond donors (Lipinski definition) is 4. The van der Waals surface area contributed by atoms with Crippen LogP contribution in [0.1, 0.15) is 51.3 Å². The van der Waals surface area contributed by atoms with Gasteiger partial charge in [-0.25, -0.2) is 4.79 Å². The fourth-order valence-electron chi connectivity index (χ4n) is 3.43. The molecule has 0 spiro atoms. The molecule has 0 bridgehead atoms. The maximum Gasteiger partial charge on any atom is 0.407 e. The van der Waals surface area contributed by atoms with E-state index in [1.165, 1.54) is 6.92 Å². The quantitative estimate of drug-likeness (QED) is 0.418. The second-order valence-corrected chi connectivity index (χ2v) is 9.52. The zero-order valence-corrected chi connectivity index (χ0v) is 20.8. The average molecular weight is 468 g/mol. The first kappa shape index (κ1) is 27.1. The van der Waals surface area contributed by atoms with Gasteiger partial charge in [0.25, 0.3) is 0 Å². The van der Waals surface area contributed by atoms with Crippen LogP contribution in [0.25, 0.3) is 5.57 Å². The molecule has 0 aliphatic rings. The minimum atomic E-state index is -0.855. The van der Waals surface area contributed by atoms with E-state index in [0.717, 1.165) is 22.3 Å². The lowest BCUT2D eigenvalue weighted by molar-refractivity contribution is -0.114. The van der Waals surface area contributed by atoms with E-state index in [-0.39, 0.29) is 12.5 Å². The van der Waals surface area contributed by atoms with Crippen molar-refractivity contribution in [2.45, 2.75) is 65.3 Å². The van der Waals surface area contributed by atoms with Gasteiger partial charge in [0.05, 0.1) is 12.1 Å². The number of carbonyl (C=O) groups excluding carboxylic acids is 2. The van der Waals surface area contributed by atoms with Crippen molar-refractivity contribution < 1.29 is 19.4 Å². The molecule has 2 aromatic rings. The molecule has 2 rings (SSSR count). The van der Waals surface area contributed by atoms with Gasteiger partial charge >= 0.3 is 6.09 Å². The van der Waals surface area contributed by atoms with Gasteiger partial charge < -0.3 is 25.8 Å². The van der Waals surface area contributed by atoms with Crippen LogP contribution >= 0.6 is 0 Å². The topological polar surface area (TPSA) is 99.7 Å². The van der Waals surface area contributed by atoms with E-state index in [0.29, 0.717) is 18.7 Å². The van der Waals surface area contributed by atoms with E-state index < -0.39 is 23.8 Å². The molecule has 2 unspecified atom stereocenters. The third kappa shape index (κ3) is 9.77. The zero-order chi connectivity index (χ0) is 25.3. The number of benzene rings is 2. The number of allylic oxidation sites excluding steroid dienone is 1. The standard InChI is InChI=1S/C27H37N3O4/c1-18(2)22-12-21(13-23(15-22)29-19(3)31)16-28-17-25(32)24(14-20-10-8-7-9-11-20)30-26(33)34-27(4,5)6/h7-13,15,24-25,28,32H,1,14,16-17H2,2-6H3,(H,29,31)(H,30,33). The molecule has 0 radical (unpaired) electrons. The Morgan fingerprint density at radius 3 is 2.32 bits per heavy atom. The molecule has 0 saturated heterocycles. The van der Waals surface area contributed by atoms with Crippen LogP contribution in [0.3, 0.4) is 0 Å². The monoisotopic (exact) mass is 467 g/mol. The number of ether oxygens (including phenoxy) is 1. The summed E-state index contributed by atoms with van der Waals surface area (Å²) in [6.45, 7) is 13.5. The summed E-state index contributed by atoms with van der Waals surface area (Å²) in [5.41, 5.74) is 3.81. The lowest BCUT2D eigenvalue weighted by Gasteiger charge is -2.27. The Hall–Kier alpha value is -3.16. The first-order valence-corrected chi connectivity index (χ1v) is 11.4. The Labute approximate surface area is 202 Å². The third-order valence-corrected chi connectivity index (χ3v) is 4.95. The van der Waals surface area contributed by atoms with Gasteiger partial charge in [0.1, 0.15) is 5.60 Å². The van der Waals surface area contributed by atoms with Crippen molar-refractivity contribution in [3.8, 4) is 0 Å². The van der Waals surface area contributed by atoms with Crippen LogP contribution in [-0.2, 0) is 22.5 Å². The molecule has 2 amide bonds. The predicted octanol–water partition coefficient (Wildman–Crippen LogP) is 4.26. The van der Waals surface area contributed by atoms with Crippen LogP contribution in [0.4, 0.5) is 10.5 Å². The summed E-state index contributed by atoms with van der Waals surface area (Å²) in [4.78, 5) is 23.9. The van der Waals surface area contributed by atoms with Crippen molar-refractivity contribution in [3.05, 3.63) is 71.8 Å². The summed E-state index contributed by atoms with van der Waals surface area (Å²) >= 11 is 0. The normalized spacial score (nSPS) is 13.0. The zero-order valence-electron chi connectivity index (χ0n) is 20.8. The van der Waals surface area contributed by atoms with E-state index in [1.807, 2.05) is 55.5 Å². The Kier molecular flexibility index (Phi) is 9.83. The highest BCUT2D eigenvalue weighted by molar-refractivity contribution is 5.89. The fraction of sp³-hybridized carbons (Fsp3) is 0.407. The van der Waals surface area contributed by atoms with Crippen LogP contribution in [0.5, 0.6) is 0 Å². The summed E-state index contributed by atoms with van der Waals surface area (Å²) in [5.74, 6) is -0.148. The molecular formula is C27H37N3O4. The maximum absolute atomic E-state index is 12.4. The van der Waals surface area contributed by atoms with Crippen LogP contribution in [0.15, 0.2) is 55.1 Å². The molecule has 7 heteroatoms. The summed E-state index contributed by atoms with van der Waals surface area (Å²) in [6, 6.07) is 14.9. The lowest BCUT2D eigenvalue weighted by atomic mass is 10.0. The van der Waals surface area contributed by atoms with Crippen molar-refractivity contribution in [2.24, 2.45) is 0 Å². The van der Waals surface area contributed by atoms with E-state index >= 15 is 0 Å². The van der Waals surface area contributed by atoms with E-state index in [1.54, 1.807) is 20.8 Å². The van der Waals surface area contributed by atoms with Gasteiger partial charge in [-0.2, -0.15) is 0 Å². The highest BCUT2D eigenvalue weighted by Crippen LogP contribution is 2.20. The van der Waals surface area contributed by atoms with Crippen molar-refractivity contribution in [3.63, 3.8) is 0 Å². The van der Waals surface area contributed by atoms with Crippen molar-refractivity contribution in [2.75, 3.05) is 11.9 Å². The lowest BCUT2D eigenvalue weighted by Crippen LogP contribution is -2.49.